The summed E-state index contributed by atoms with van der Waals surface area (Å²) in [7, 11) is 1.58. The highest BCUT2D eigenvalue weighted by Crippen LogP contribution is 2.26. The van der Waals surface area contributed by atoms with E-state index in [9.17, 15) is 4.79 Å². The molecule has 1 amide bonds. The summed E-state index contributed by atoms with van der Waals surface area (Å²) in [5.74, 6) is 0.882. The van der Waals surface area contributed by atoms with E-state index in [1.807, 2.05) is 12.1 Å². The van der Waals surface area contributed by atoms with Crippen molar-refractivity contribution < 1.29 is 14.3 Å². The van der Waals surface area contributed by atoms with Crippen molar-refractivity contribution in [3.63, 3.8) is 0 Å². The number of nitrogens with one attached hydrogen (secondary N) is 1. The van der Waals surface area contributed by atoms with Gasteiger partial charge in [0.05, 0.1) is 19.1 Å². The molecule has 2 heterocycles. The van der Waals surface area contributed by atoms with Gasteiger partial charge in [0, 0.05) is 24.9 Å². The van der Waals surface area contributed by atoms with Crippen LogP contribution in [0.5, 0.6) is 5.88 Å². The summed E-state index contributed by atoms with van der Waals surface area (Å²) in [6.07, 6.45) is 3.51. The summed E-state index contributed by atoms with van der Waals surface area (Å²) in [5, 5.41) is 2.99. The maximum atomic E-state index is 12.4. The van der Waals surface area contributed by atoms with E-state index < -0.39 is 0 Å². The number of carbonyl (C=O) groups is 1. The predicted molar refractivity (Wildman–Crippen MR) is 79.9 cm³/mol. The van der Waals surface area contributed by atoms with Gasteiger partial charge in [-0.2, -0.15) is 0 Å². The molecule has 0 radical (unpaired) electrons. The number of carbonyl (C=O) groups excluding carboxylic acids is 1. The first-order chi connectivity index (χ1) is 10.1. The van der Waals surface area contributed by atoms with Crippen LogP contribution < -0.4 is 10.1 Å². The Labute approximate surface area is 126 Å². The summed E-state index contributed by atoms with van der Waals surface area (Å²) in [6, 6.07) is 3.74. The van der Waals surface area contributed by atoms with Gasteiger partial charge in [-0.3, -0.25) is 4.79 Å². The molecule has 5 nitrogen and oxygen atoms in total. The van der Waals surface area contributed by atoms with Crippen LogP contribution in [0.15, 0.2) is 18.3 Å². The van der Waals surface area contributed by atoms with Crippen molar-refractivity contribution in [1.29, 1.82) is 0 Å². The largest absolute Gasteiger partial charge is 0.481 e. The second kappa shape index (κ2) is 7.41. The molecule has 1 N–H and O–H groups in total. The van der Waals surface area contributed by atoms with Crippen LogP contribution in [0, 0.1) is 11.8 Å². The molecule has 0 bridgehead atoms. The number of ether oxygens (including phenoxy) is 2. The van der Waals surface area contributed by atoms with Crippen LogP contribution in [0.25, 0.3) is 0 Å². The second-order valence-electron chi connectivity index (χ2n) is 5.72. The molecular weight excluding hydrogens is 268 g/mol. The molecule has 0 spiro atoms. The quantitative estimate of drug-likeness (QED) is 0.903. The van der Waals surface area contributed by atoms with Crippen molar-refractivity contribution in [1.82, 2.24) is 10.3 Å². The summed E-state index contributed by atoms with van der Waals surface area (Å²) in [5.41, 5.74) is 0.881. The van der Waals surface area contributed by atoms with Crippen LogP contribution >= 0.6 is 0 Å². The Hall–Kier alpha value is -1.62. The van der Waals surface area contributed by atoms with E-state index in [0.29, 0.717) is 18.3 Å². The van der Waals surface area contributed by atoms with Crippen molar-refractivity contribution in [2.45, 2.75) is 39.3 Å². The molecule has 1 aromatic rings. The Morgan fingerprint density at radius 2 is 2.38 bits per heavy atom. The highest BCUT2D eigenvalue weighted by atomic mass is 16.5. The molecule has 0 aliphatic carbocycles. The molecule has 1 aliphatic heterocycles. The van der Waals surface area contributed by atoms with Gasteiger partial charge < -0.3 is 14.8 Å². The Bertz CT molecular complexity index is 476. The van der Waals surface area contributed by atoms with Gasteiger partial charge in [-0.05, 0) is 24.8 Å². The fourth-order valence-corrected chi connectivity index (χ4v) is 2.80. The van der Waals surface area contributed by atoms with Crippen molar-refractivity contribution in [2.75, 3.05) is 13.7 Å². The number of aromatic nitrogens is 1. The molecule has 0 saturated carbocycles. The predicted octanol–water partition coefficient (Wildman–Crippen LogP) is 2.16. The van der Waals surface area contributed by atoms with Crippen LogP contribution in [0.2, 0.25) is 0 Å². The first kappa shape index (κ1) is 15.8. The van der Waals surface area contributed by atoms with Gasteiger partial charge in [-0.1, -0.05) is 19.9 Å². The lowest BCUT2D eigenvalue weighted by molar-refractivity contribution is -0.137. The summed E-state index contributed by atoms with van der Waals surface area (Å²) < 4.78 is 11.0. The first-order valence-electron chi connectivity index (χ1n) is 7.50. The molecule has 1 aliphatic rings. The molecule has 5 heteroatoms. The maximum absolute atomic E-state index is 12.4. The summed E-state index contributed by atoms with van der Waals surface area (Å²) in [4.78, 5) is 16.6. The van der Waals surface area contributed by atoms with E-state index in [2.05, 4.69) is 24.1 Å². The fraction of sp³-hybridized carbons (Fsp3) is 0.625. The van der Waals surface area contributed by atoms with E-state index in [0.717, 1.165) is 25.0 Å². The van der Waals surface area contributed by atoms with Crippen molar-refractivity contribution in [3.05, 3.63) is 23.9 Å². The zero-order chi connectivity index (χ0) is 15.2. The van der Waals surface area contributed by atoms with Gasteiger partial charge in [0.2, 0.25) is 11.8 Å². The minimum atomic E-state index is -0.0681. The first-order valence-corrected chi connectivity index (χ1v) is 7.50. The zero-order valence-corrected chi connectivity index (χ0v) is 13.0. The minimum absolute atomic E-state index is 0.00884. The molecule has 1 saturated heterocycles. The number of amides is 1. The van der Waals surface area contributed by atoms with Gasteiger partial charge in [0.1, 0.15) is 0 Å². The molecule has 21 heavy (non-hydrogen) atoms. The van der Waals surface area contributed by atoms with E-state index in [-0.39, 0.29) is 17.9 Å². The lowest BCUT2D eigenvalue weighted by Gasteiger charge is -2.33. The third-order valence-electron chi connectivity index (χ3n) is 3.86. The van der Waals surface area contributed by atoms with Crippen molar-refractivity contribution in [3.8, 4) is 5.88 Å². The SMILES string of the molecule is COc1ncccc1CNC(=O)C1CCCOC1C(C)C. The summed E-state index contributed by atoms with van der Waals surface area (Å²) >= 11 is 0. The Balaban J connectivity index is 1.97. The van der Waals surface area contributed by atoms with Gasteiger partial charge in [0.15, 0.2) is 0 Å². The highest BCUT2D eigenvalue weighted by Gasteiger charge is 2.33. The number of hydrogen-bond donors (Lipinski definition) is 1. The van der Waals surface area contributed by atoms with E-state index in [1.165, 1.54) is 0 Å². The monoisotopic (exact) mass is 292 g/mol. The topological polar surface area (TPSA) is 60.5 Å². The van der Waals surface area contributed by atoms with E-state index in [1.54, 1.807) is 13.3 Å². The number of nitrogens with zero attached hydrogens (tertiary/aromatic N) is 1. The molecule has 1 fully saturated rings. The van der Waals surface area contributed by atoms with Gasteiger partial charge in [-0.15, -0.1) is 0 Å². The zero-order valence-electron chi connectivity index (χ0n) is 13.0. The van der Waals surface area contributed by atoms with Crippen LogP contribution in [-0.4, -0.2) is 30.7 Å². The third-order valence-corrected chi connectivity index (χ3v) is 3.86. The molecule has 116 valence electrons. The third kappa shape index (κ3) is 3.94. The summed E-state index contributed by atoms with van der Waals surface area (Å²) in [6.45, 7) is 5.38. The second-order valence-corrected chi connectivity index (χ2v) is 5.72. The molecule has 0 aromatic carbocycles. The smallest absolute Gasteiger partial charge is 0.226 e. The lowest BCUT2D eigenvalue weighted by Crippen LogP contribution is -2.43. The van der Waals surface area contributed by atoms with E-state index >= 15 is 0 Å². The lowest BCUT2D eigenvalue weighted by atomic mass is 9.87. The standard InChI is InChI=1S/C16H24N2O3/c1-11(2)14-13(7-5-9-21-14)15(19)18-10-12-6-4-8-17-16(12)20-3/h4,6,8,11,13-14H,5,7,9-10H2,1-3H3,(H,18,19). The van der Waals surface area contributed by atoms with Gasteiger partial charge in [0.25, 0.3) is 0 Å². The fourth-order valence-electron chi connectivity index (χ4n) is 2.80. The molecule has 2 unspecified atom stereocenters. The van der Waals surface area contributed by atoms with Crippen molar-refractivity contribution in [2.24, 2.45) is 11.8 Å². The number of hydrogen-bond acceptors (Lipinski definition) is 4. The van der Waals surface area contributed by atoms with Crippen LogP contribution in [0.4, 0.5) is 0 Å². The van der Waals surface area contributed by atoms with Crippen LogP contribution in [0.3, 0.4) is 0 Å². The Morgan fingerprint density at radius 3 is 3.10 bits per heavy atom. The average molecular weight is 292 g/mol. The molecular formula is C16H24N2O3. The highest BCUT2D eigenvalue weighted by molar-refractivity contribution is 5.79. The Kier molecular flexibility index (Phi) is 5.56. The average Bonchev–Trinajstić information content (AvgIpc) is 2.52. The van der Waals surface area contributed by atoms with Crippen LogP contribution in [-0.2, 0) is 16.1 Å². The van der Waals surface area contributed by atoms with Gasteiger partial charge >= 0.3 is 0 Å². The molecule has 1 aromatic heterocycles. The number of pyridine rings is 1. The van der Waals surface area contributed by atoms with Crippen LogP contribution in [0.1, 0.15) is 32.3 Å². The normalized spacial score (nSPS) is 22.1. The minimum Gasteiger partial charge on any atom is -0.481 e. The van der Waals surface area contributed by atoms with E-state index in [4.69, 9.17) is 9.47 Å². The Morgan fingerprint density at radius 1 is 1.57 bits per heavy atom. The number of methoxy groups -OCH3 is 1. The number of rotatable bonds is 5. The van der Waals surface area contributed by atoms with Crippen molar-refractivity contribution >= 4 is 5.91 Å². The molecule has 2 atom stereocenters. The maximum Gasteiger partial charge on any atom is 0.226 e. The van der Waals surface area contributed by atoms with Gasteiger partial charge in [-0.25, -0.2) is 4.98 Å². The molecule has 2 rings (SSSR count).